The summed E-state index contributed by atoms with van der Waals surface area (Å²) in [6, 6.07) is 23.2. The number of aromatic nitrogens is 3. The third-order valence-corrected chi connectivity index (χ3v) is 8.36. The van der Waals surface area contributed by atoms with E-state index in [0.717, 1.165) is 15.3 Å². The smallest absolute Gasteiger partial charge is 0.278 e. The van der Waals surface area contributed by atoms with Gasteiger partial charge in [0.2, 0.25) is 0 Å². The Kier molecular flexibility index (Phi) is 6.72. The van der Waals surface area contributed by atoms with E-state index in [9.17, 15) is 13.2 Å². The molecule has 184 valence electrons. The van der Waals surface area contributed by atoms with Crippen LogP contribution in [0.15, 0.2) is 96.2 Å². The lowest BCUT2D eigenvalue weighted by Gasteiger charge is -2.15. The Morgan fingerprint density at radius 1 is 0.973 bits per heavy atom. The van der Waals surface area contributed by atoms with Crippen molar-refractivity contribution in [3.63, 3.8) is 0 Å². The van der Waals surface area contributed by atoms with Crippen LogP contribution in [-0.2, 0) is 9.69 Å². The minimum atomic E-state index is -3.33. The molecule has 0 bridgehead atoms. The predicted molar refractivity (Wildman–Crippen MR) is 150 cm³/mol. The lowest BCUT2D eigenvalue weighted by Crippen LogP contribution is -2.26. The molecule has 3 aromatic heterocycles. The van der Waals surface area contributed by atoms with Crippen molar-refractivity contribution in [2.75, 3.05) is 11.9 Å². The molecular weight excluding hydrogens is 527 g/mol. The first-order chi connectivity index (χ1) is 17.7. The Morgan fingerprint density at radius 3 is 2.43 bits per heavy atom. The molecule has 0 fully saturated rings. The maximum atomic E-state index is 13.4. The molecule has 0 saturated heterocycles. The van der Waals surface area contributed by atoms with Crippen molar-refractivity contribution in [1.29, 1.82) is 0 Å². The third-order valence-electron chi connectivity index (χ3n) is 5.77. The number of hydrogen-bond donors (Lipinski definition) is 0. The van der Waals surface area contributed by atoms with Crippen LogP contribution in [0.4, 0.5) is 5.69 Å². The van der Waals surface area contributed by atoms with Crippen LogP contribution >= 0.6 is 22.9 Å². The van der Waals surface area contributed by atoms with Crippen LogP contribution in [0.25, 0.3) is 26.7 Å². The van der Waals surface area contributed by atoms with Gasteiger partial charge in [0.15, 0.2) is 5.69 Å². The average molecular weight is 547 g/mol. The van der Waals surface area contributed by atoms with E-state index in [1.54, 1.807) is 66.6 Å². The summed E-state index contributed by atoms with van der Waals surface area (Å²) < 4.78 is 25.7. The van der Waals surface area contributed by atoms with E-state index >= 15 is 0 Å². The van der Waals surface area contributed by atoms with E-state index < -0.39 is 9.69 Å². The molecule has 37 heavy (non-hydrogen) atoms. The van der Waals surface area contributed by atoms with E-state index in [1.807, 2.05) is 36.4 Å². The standard InChI is InChI=1S/C26H20BClN4O3S2/c1-31(18-11-13-29-14-12-18)26(33)21-16-23(32(30-21)22-8-3-2-7-20(22)28)25-10-9-24(36-25)17-5-4-6-19(15-17)37(27,34)35/h2-16H,27H2,1H3. The van der Waals surface area contributed by atoms with E-state index in [4.69, 9.17) is 11.6 Å². The molecule has 3 heterocycles. The summed E-state index contributed by atoms with van der Waals surface area (Å²) in [6.07, 6.45) is 3.25. The molecule has 0 radical (unpaired) electrons. The van der Waals surface area contributed by atoms with Crippen LogP contribution in [-0.4, -0.2) is 43.3 Å². The van der Waals surface area contributed by atoms with Gasteiger partial charge in [0.1, 0.15) is 9.69 Å². The molecule has 5 aromatic rings. The second kappa shape index (κ2) is 9.97. The lowest BCUT2D eigenvalue weighted by atomic mass is 10.2. The van der Waals surface area contributed by atoms with Crippen LogP contribution in [0.2, 0.25) is 5.02 Å². The monoisotopic (exact) mass is 546 g/mol. The van der Waals surface area contributed by atoms with Crippen molar-refractivity contribution in [2.24, 2.45) is 0 Å². The Balaban J connectivity index is 1.59. The van der Waals surface area contributed by atoms with Gasteiger partial charge in [0.05, 0.1) is 26.2 Å². The van der Waals surface area contributed by atoms with Gasteiger partial charge < -0.3 is 4.90 Å². The van der Waals surface area contributed by atoms with E-state index in [-0.39, 0.29) is 16.5 Å². The zero-order chi connectivity index (χ0) is 26.2. The largest absolute Gasteiger partial charge is 0.310 e. The maximum Gasteiger partial charge on any atom is 0.278 e. The van der Waals surface area contributed by atoms with Gasteiger partial charge in [-0.2, -0.15) is 5.10 Å². The number of nitrogens with zero attached hydrogens (tertiary/aromatic N) is 4. The van der Waals surface area contributed by atoms with Crippen molar-refractivity contribution in [3.8, 4) is 26.7 Å². The molecule has 1 amide bonds. The first-order valence-corrected chi connectivity index (χ1v) is 14.2. The molecular formula is C26H20BClN4O3S2. The number of benzene rings is 2. The molecule has 0 aliphatic carbocycles. The van der Waals surface area contributed by atoms with Gasteiger partial charge in [-0.25, -0.2) is 13.1 Å². The predicted octanol–water partition coefficient (Wildman–Crippen LogP) is 4.91. The number of halogens is 1. The second-order valence-corrected chi connectivity index (χ2v) is 11.8. The molecule has 0 aliphatic heterocycles. The highest BCUT2D eigenvalue weighted by atomic mass is 35.5. The molecule has 0 aliphatic rings. The fourth-order valence-corrected chi connectivity index (χ4v) is 5.72. The normalized spacial score (nSPS) is 11.4. The quantitative estimate of drug-likeness (QED) is 0.282. The van der Waals surface area contributed by atoms with Crippen LogP contribution in [0, 0.1) is 0 Å². The molecule has 0 atom stereocenters. The summed E-state index contributed by atoms with van der Waals surface area (Å²) in [5.74, 6) is -0.282. The summed E-state index contributed by atoms with van der Waals surface area (Å²) >= 11 is 7.98. The second-order valence-electron chi connectivity index (χ2n) is 8.31. The topological polar surface area (TPSA) is 85.2 Å². The van der Waals surface area contributed by atoms with Crippen LogP contribution in [0.3, 0.4) is 0 Å². The van der Waals surface area contributed by atoms with Gasteiger partial charge in [-0.3, -0.25) is 9.78 Å². The van der Waals surface area contributed by atoms with Crippen LogP contribution < -0.4 is 4.90 Å². The number of para-hydroxylation sites is 1. The van der Waals surface area contributed by atoms with Crippen molar-refractivity contribution >= 4 is 51.3 Å². The fourth-order valence-electron chi connectivity index (χ4n) is 3.84. The molecule has 0 N–H and O–H groups in total. The van der Waals surface area contributed by atoms with Gasteiger partial charge in [-0.1, -0.05) is 35.9 Å². The molecule has 0 saturated carbocycles. The highest BCUT2D eigenvalue weighted by molar-refractivity contribution is 8.12. The van der Waals surface area contributed by atoms with Gasteiger partial charge in [-0.05, 0) is 60.2 Å². The molecule has 5 rings (SSSR count). The summed E-state index contributed by atoms with van der Waals surface area (Å²) in [5.41, 5.74) is 3.06. The van der Waals surface area contributed by atoms with Crippen molar-refractivity contribution < 1.29 is 13.2 Å². The van der Waals surface area contributed by atoms with E-state index in [1.165, 1.54) is 23.4 Å². The minimum Gasteiger partial charge on any atom is -0.310 e. The number of pyridine rings is 1. The van der Waals surface area contributed by atoms with Gasteiger partial charge in [0.25, 0.3) is 13.0 Å². The number of carbonyl (C=O) groups excluding carboxylic acids is 1. The maximum absolute atomic E-state index is 13.4. The molecule has 0 spiro atoms. The molecule has 7 nitrogen and oxygen atoms in total. The molecule has 0 unspecified atom stereocenters. The summed E-state index contributed by atoms with van der Waals surface area (Å²) in [6.45, 7) is 0. The fraction of sp³-hybridized carbons (Fsp3) is 0.0385. The number of hydrogen-bond acceptors (Lipinski definition) is 6. The highest BCUT2D eigenvalue weighted by Crippen LogP contribution is 2.37. The number of carbonyl (C=O) groups is 1. The Bertz CT molecular complexity index is 1720. The number of amides is 1. The van der Waals surface area contributed by atoms with Gasteiger partial charge in [0, 0.05) is 30.0 Å². The Labute approximate surface area is 224 Å². The summed E-state index contributed by atoms with van der Waals surface area (Å²) in [4.78, 5) is 20.9. The zero-order valence-electron chi connectivity index (χ0n) is 19.9. The van der Waals surface area contributed by atoms with Gasteiger partial charge in [-0.15, -0.1) is 11.3 Å². The third kappa shape index (κ3) is 5.08. The van der Waals surface area contributed by atoms with Crippen molar-refractivity contribution in [3.05, 3.63) is 102 Å². The number of rotatable bonds is 6. The van der Waals surface area contributed by atoms with Crippen molar-refractivity contribution in [2.45, 2.75) is 4.90 Å². The van der Waals surface area contributed by atoms with Crippen molar-refractivity contribution in [1.82, 2.24) is 14.8 Å². The first kappa shape index (κ1) is 24.9. The number of anilines is 1. The Hall–Kier alpha value is -3.73. The lowest BCUT2D eigenvalue weighted by molar-refractivity contribution is 0.0988. The summed E-state index contributed by atoms with van der Waals surface area (Å²) in [7, 11) is -0.459. The zero-order valence-corrected chi connectivity index (χ0v) is 22.3. The molecule has 2 aromatic carbocycles. The van der Waals surface area contributed by atoms with E-state index in [2.05, 4.69) is 10.1 Å². The first-order valence-electron chi connectivity index (χ1n) is 11.2. The highest BCUT2D eigenvalue weighted by Gasteiger charge is 2.22. The van der Waals surface area contributed by atoms with Crippen LogP contribution in [0.1, 0.15) is 10.5 Å². The SMILES string of the molecule is BS(=O)(=O)c1cccc(-c2ccc(-c3cc(C(=O)N(C)c4ccncc4)nn3-c3ccccc3Cl)s2)c1. The minimum absolute atomic E-state index is 0.253. The summed E-state index contributed by atoms with van der Waals surface area (Å²) in [5, 5.41) is 5.14. The van der Waals surface area contributed by atoms with Gasteiger partial charge >= 0.3 is 0 Å². The number of thiophene rings is 1. The van der Waals surface area contributed by atoms with E-state index in [0.29, 0.717) is 22.1 Å². The average Bonchev–Trinajstić information content (AvgIpc) is 3.56. The Morgan fingerprint density at radius 2 is 1.70 bits per heavy atom. The molecule has 11 heteroatoms. The van der Waals surface area contributed by atoms with Crippen LogP contribution in [0.5, 0.6) is 0 Å².